The second-order valence-electron chi connectivity index (χ2n) is 5.68. The Morgan fingerprint density at radius 1 is 1.40 bits per heavy atom. The number of nitrogens with zero attached hydrogens (tertiary/aromatic N) is 3. The summed E-state index contributed by atoms with van der Waals surface area (Å²) in [5.41, 5.74) is 2.54. The van der Waals surface area contributed by atoms with E-state index in [0.29, 0.717) is 11.8 Å². The van der Waals surface area contributed by atoms with Crippen molar-refractivity contribution in [2.24, 2.45) is 0 Å². The molecule has 0 amide bonds. The van der Waals surface area contributed by atoms with Crippen LogP contribution in [0.25, 0.3) is 0 Å². The predicted molar refractivity (Wildman–Crippen MR) is 81.0 cm³/mol. The van der Waals surface area contributed by atoms with Crippen molar-refractivity contribution in [3.05, 3.63) is 41.9 Å². The molecule has 2 atom stereocenters. The third kappa shape index (κ3) is 2.55. The van der Waals surface area contributed by atoms with Gasteiger partial charge in [-0.15, -0.1) is 0 Å². The van der Waals surface area contributed by atoms with Gasteiger partial charge in [-0.2, -0.15) is 5.10 Å². The number of hydrogen-bond acceptors (Lipinski definition) is 3. The molecule has 1 aliphatic rings. The van der Waals surface area contributed by atoms with Gasteiger partial charge in [-0.25, -0.2) is 4.68 Å². The van der Waals surface area contributed by atoms with Crippen LogP contribution in [0.1, 0.15) is 49.8 Å². The summed E-state index contributed by atoms with van der Waals surface area (Å²) in [6, 6.07) is 6.41. The highest BCUT2D eigenvalue weighted by Gasteiger charge is 2.22. The van der Waals surface area contributed by atoms with Crippen LogP contribution >= 0.6 is 0 Å². The lowest BCUT2D eigenvalue weighted by Gasteiger charge is -2.25. The second-order valence-corrected chi connectivity index (χ2v) is 5.68. The van der Waals surface area contributed by atoms with Gasteiger partial charge >= 0.3 is 0 Å². The monoisotopic (exact) mass is 270 g/mol. The fourth-order valence-electron chi connectivity index (χ4n) is 2.90. The quantitative estimate of drug-likeness (QED) is 0.926. The van der Waals surface area contributed by atoms with Crippen molar-refractivity contribution in [3.8, 4) is 0 Å². The van der Waals surface area contributed by atoms with Gasteiger partial charge in [-0.3, -0.25) is 4.98 Å². The van der Waals surface area contributed by atoms with Crippen molar-refractivity contribution in [1.82, 2.24) is 14.8 Å². The van der Waals surface area contributed by atoms with Crippen molar-refractivity contribution in [2.75, 3.05) is 11.9 Å². The Kier molecular flexibility index (Phi) is 3.72. The predicted octanol–water partition coefficient (Wildman–Crippen LogP) is 3.39. The van der Waals surface area contributed by atoms with Crippen LogP contribution in [-0.4, -0.2) is 21.3 Å². The third-order valence-electron chi connectivity index (χ3n) is 4.13. The van der Waals surface area contributed by atoms with Crippen molar-refractivity contribution in [1.29, 1.82) is 0 Å². The first-order valence-electron chi connectivity index (χ1n) is 7.49. The molecule has 0 radical (unpaired) electrons. The van der Waals surface area contributed by atoms with E-state index in [-0.39, 0.29) is 0 Å². The zero-order valence-corrected chi connectivity index (χ0v) is 12.2. The standard InChI is InChI=1S/C16H22N4/c1-3-4-12(2)15-9-16-18-10-14(11-20(16)19-15)13-5-7-17-8-6-13/h5-9,12,14,18H,3-4,10-11H2,1-2H3. The first-order valence-corrected chi connectivity index (χ1v) is 7.49. The maximum Gasteiger partial charge on any atom is 0.124 e. The van der Waals surface area contributed by atoms with Crippen LogP contribution < -0.4 is 5.32 Å². The molecule has 2 aromatic heterocycles. The lowest BCUT2D eigenvalue weighted by Crippen LogP contribution is -2.26. The number of aromatic nitrogens is 3. The van der Waals surface area contributed by atoms with Crippen LogP contribution in [0.15, 0.2) is 30.6 Å². The summed E-state index contributed by atoms with van der Waals surface area (Å²) >= 11 is 0. The Morgan fingerprint density at radius 2 is 2.20 bits per heavy atom. The van der Waals surface area contributed by atoms with E-state index >= 15 is 0 Å². The Morgan fingerprint density at radius 3 is 2.95 bits per heavy atom. The molecule has 0 saturated carbocycles. The largest absolute Gasteiger partial charge is 0.370 e. The van der Waals surface area contributed by atoms with Crippen LogP contribution in [0.5, 0.6) is 0 Å². The van der Waals surface area contributed by atoms with Gasteiger partial charge in [0.25, 0.3) is 0 Å². The molecule has 0 saturated heterocycles. The molecular weight excluding hydrogens is 248 g/mol. The molecule has 3 rings (SSSR count). The maximum atomic E-state index is 4.78. The molecule has 4 heteroatoms. The first kappa shape index (κ1) is 13.2. The Hall–Kier alpha value is -1.84. The summed E-state index contributed by atoms with van der Waals surface area (Å²) in [4.78, 5) is 4.09. The summed E-state index contributed by atoms with van der Waals surface area (Å²) in [5.74, 6) is 2.17. The summed E-state index contributed by atoms with van der Waals surface area (Å²) in [7, 11) is 0. The molecule has 4 nitrogen and oxygen atoms in total. The normalized spacial score (nSPS) is 19.2. The molecule has 1 N–H and O–H groups in total. The van der Waals surface area contributed by atoms with Gasteiger partial charge in [-0.05, 0) is 24.1 Å². The van der Waals surface area contributed by atoms with Crippen LogP contribution in [0.3, 0.4) is 0 Å². The molecule has 3 heterocycles. The minimum Gasteiger partial charge on any atom is -0.370 e. The van der Waals surface area contributed by atoms with Crippen molar-refractivity contribution in [2.45, 2.75) is 45.1 Å². The molecule has 0 fully saturated rings. The molecule has 2 aromatic rings. The SMILES string of the molecule is CCCC(C)c1cc2n(n1)CC(c1ccncc1)CN2. The van der Waals surface area contributed by atoms with Gasteiger partial charge in [-0.1, -0.05) is 20.3 Å². The van der Waals surface area contributed by atoms with Gasteiger partial charge in [0, 0.05) is 36.8 Å². The van der Waals surface area contributed by atoms with E-state index in [4.69, 9.17) is 5.10 Å². The molecule has 0 spiro atoms. The van der Waals surface area contributed by atoms with Gasteiger partial charge in [0.1, 0.15) is 5.82 Å². The summed E-state index contributed by atoms with van der Waals surface area (Å²) in [6.07, 6.45) is 6.13. The minimum absolute atomic E-state index is 0.472. The Bertz CT molecular complexity index is 561. The summed E-state index contributed by atoms with van der Waals surface area (Å²) < 4.78 is 2.12. The summed E-state index contributed by atoms with van der Waals surface area (Å²) in [6.45, 7) is 6.41. The van der Waals surface area contributed by atoms with E-state index in [1.807, 2.05) is 12.4 Å². The topological polar surface area (TPSA) is 42.7 Å². The third-order valence-corrected chi connectivity index (χ3v) is 4.13. The average Bonchev–Trinajstić information content (AvgIpc) is 2.91. The number of nitrogens with one attached hydrogen (secondary N) is 1. The van der Waals surface area contributed by atoms with E-state index in [1.54, 1.807) is 0 Å². The molecular formula is C16H22N4. The molecule has 0 aromatic carbocycles. The Balaban J connectivity index is 1.78. The van der Waals surface area contributed by atoms with E-state index in [9.17, 15) is 0 Å². The molecule has 1 aliphatic heterocycles. The highest BCUT2D eigenvalue weighted by molar-refractivity contribution is 5.41. The minimum atomic E-state index is 0.472. The maximum absolute atomic E-state index is 4.78. The van der Waals surface area contributed by atoms with Crippen LogP contribution in [0, 0.1) is 0 Å². The van der Waals surface area contributed by atoms with Crippen molar-refractivity contribution in [3.63, 3.8) is 0 Å². The van der Waals surface area contributed by atoms with Crippen molar-refractivity contribution >= 4 is 5.82 Å². The number of fused-ring (bicyclic) bond motifs is 1. The number of anilines is 1. The molecule has 20 heavy (non-hydrogen) atoms. The van der Waals surface area contributed by atoms with Crippen LogP contribution in [0.4, 0.5) is 5.82 Å². The van der Waals surface area contributed by atoms with E-state index in [0.717, 1.165) is 18.9 Å². The summed E-state index contributed by atoms with van der Waals surface area (Å²) in [5, 5.41) is 8.29. The zero-order chi connectivity index (χ0) is 13.9. The lowest BCUT2D eigenvalue weighted by molar-refractivity contribution is 0.495. The van der Waals surface area contributed by atoms with Crippen LogP contribution in [-0.2, 0) is 6.54 Å². The Labute approximate surface area is 120 Å². The zero-order valence-electron chi connectivity index (χ0n) is 12.2. The molecule has 106 valence electrons. The van der Waals surface area contributed by atoms with Gasteiger partial charge in [0.2, 0.25) is 0 Å². The van der Waals surface area contributed by atoms with Gasteiger partial charge in [0.15, 0.2) is 0 Å². The fourth-order valence-corrected chi connectivity index (χ4v) is 2.90. The number of hydrogen-bond donors (Lipinski definition) is 1. The smallest absolute Gasteiger partial charge is 0.124 e. The number of rotatable bonds is 4. The van der Waals surface area contributed by atoms with Gasteiger partial charge < -0.3 is 5.32 Å². The molecule has 0 bridgehead atoms. The van der Waals surface area contributed by atoms with E-state index < -0.39 is 0 Å². The lowest BCUT2D eigenvalue weighted by atomic mass is 9.99. The highest BCUT2D eigenvalue weighted by Crippen LogP contribution is 2.28. The first-order chi connectivity index (χ1) is 9.78. The fraction of sp³-hybridized carbons (Fsp3) is 0.500. The highest BCUT2D eigenvalue weighted by atomic mass is 15.3. The molecule has 2 unspecified atom stereocenters. The second kappa shape index (κ2) is 5.65. The van der Waals surface area contributed by atoms with E-state index in [2.05, 4.69) is 47.0 Å². The van der Waals surface area contributed by atoms with Crippen LogP contribution in [0.2, 0.25) is 0 Å². The van der Waals surface area contributed by atoms with Crippen molar-refractivity contribution < 1.29 is 0 Å². The van der Waals surface area contributed by atoms with E-state index in [1.165, 1.54) is 24.1 Å². The molecule has 0 aliphatic carbocycles. The van der Waals surface area contributed by atoms with Gasteiger partial charge in [0.05, 0.1) is 12.2 Å². The number of pyridine rings is 1. The average molecular weight is 270 g/mol.